The van der Waals surface area contributed by atoms with E-state index in [0.29, 0.717) is 38.5 Å². The number of hydrogen-bond acceptors (Lipinski definition) is 7. The van der Waals surface area contributed by atoms with Gasteiger partial charge in [-0.2, -0.15) is 26.3 Å². The molecule has 3 rings (SSSR count). The van der Waals surface area contributed by atoms with Crippen molar-refractivity contribution in [1.29, 1.82) is 0 Å². The smallest absolute Gasteiger partial charge is 0.475 e. The van der Waals surface area contributed by atoms with E-state index in [1.807, 2.05) is 19.1 Å². The number of carbonyl (C=O) groups is 4. The molecule has 3 N–H and O–H groups in total. The summed E-state index contributed by atoms with van der Waals surface area (Å²) in [7, 11) is 1.63. The zero-order valence-corrected chi connectivity index (χ0v) is 19.5. The SMILES string of the molecule is CNC(=O)CN1CCO[C@H]2CN(C(=O)c3cccc(C)n3)C[C@H]21.O=C(O)C(F)(F)F.O=C(O)C(F)(F)F. The van der Waals surface area contributed by atoms with Crippen molar-refractivity contribution in [3.8, 4) is 0 Å². The first-order valence-corrected chi connectivity index (χ1v) is 10.4. The lowest BCUT2D eigenvalue weighted by molar-refractivity contribution is -0.193. The van der Waals surface area contributed by atoms with Crippen LogP contribution in [0.4, 0.5) is 26.3 Å². The Morgan fingerprint density at radius 1 is 1.05 bits per heavy atom. The highest BCUT2D eigenvalue weighted by Crippen LogP contribution is 2.24. The first-order chi connectivity index (χ1) is 17.0. The molecule has 2 fully saturated rings. The number of carboxylic acid groups (broad SMARTS) is 2. The zero-order chi connectivity index (χ0) is 28.6. The predicted octanol–water partition coefficient (Wildman–Crippen LogP) is 0.928. The van der Waals surface area contributed by atoms with Gasteiger partial charge in [-0.25, -0.2) is 14.6 Å². The molecule has 0 spiro atoms. The summed E-state index contributed by atoms with van der Waals surface area (Å²) < 4.78 is 69.3. The van der Waals surface area contributed by atoms with Crippen LogP contribution in [-0.4, -0.2) is 113 Å². The van der Waals surface area contributed by atoms with Crippen LogP contribution in [-0.2, 0) is 19.1 Å². The van der Waals surface area contributed by atoms with Gasteiger partial charge in [-0.3, -0.25) is 14.5 Å². The molecule has 0 aromatic carbocycles. The minimum absolute atomic E-state index is 0.0178. The highest BCUT2D eigenvalue weighted by atomic mass is 19.4. The molecule has 2 aliphatic rings. The first-order valence-electron chi connectivity index (χ1n) is 10.4. The van der Waals surface area contributed by atoms with E-state index in [-0.39, 0.29) is 24.0 Å². The van der Waals surface area contributed by atoms with Crippen LogP contribution in [0.25, 0.3) is 0 Å². The van der Waals surface area contributed by atoms with E-state index in [4.69, 9.17) is 24.5 Å². The number of aryl methyl sites for hydroxylation is 1. The number of fused-ring (bicyclic) bond motifs is 1. The average Bonchev–Trinajstić information content (AvgIpc) is 3.23. The number of rotatable bonds is 3. The number of nitrogens with one attached hydrogen (secondary N) is 1. The van der Waals surface area contributed by atoms with Crippen LogP contribution < -0.4 is 5.32 Å². The number of carboxylic acids is 2. The van der Waals surface area contributed by atoms with Crippen LogP contribution in [0.3, 0.4) is 0 Å². The largest absolute Gasteiger partial charge is 0.490 e. The van der Waals surface area contributed by atoms with Crippen LogP contribution in [0, 0.1) is 6.92 Å². The fourth-order valence-electron chi connectivity index (χ4n) is 3.21. The van der Waals surface area contributed by atoms with Crippen LogP contribution in [0.15, 0.2) is 18.2 Å². The van der Waals surface area contributed by atoms with E-state index in [2.05, 4.69) is 15.2 Å². The number of likely N-dealkylation sites (tertiary alicyclic amines) is 1. The summed E-state index contributed by atoms with van der Waals surface area (Å²) in [5.41, 5.74) is 1.28. The number of likely N-dealkylation sites (N-methyl/N-ethyl adjacent to an activating group) is 1. The highest BCUT2D eigenvalue weighted by molar-refractivity contribution is 5.92. The summed E-state index contributed by atoms with van der Waals surface area (Å²) in [6, 6.07) is 5.51. The molecule has 2 atom stereocenters. The number of ether oxygens (including phenoxy) is 1. The van der Waals surface area contributed by atoms with Crippen molar-refractivity contribution in [2.24, 2.45) is 0 Å². The first kappa shape index (κ1) is 31.6. The van der Waals surface area contributed by atoms with Crippen molar-refractivity contribution in [1.82, 2.24) is 20.1 Å². The molecule has 0 bridgehead atoms. The average molecular weight is 546 g/mol. The lowest BCUT2D eigenvalue weighted by Gasteiger charge is -2.35. The van der Waals surface area contributed by atoms with E-state index in [9.17, 15) is 35.9 Å². The standard InChI is InChI=1S/C16H22N4O3.2C2HF3O2/c1-11-4-3-5-12(18-11)16(22)20-8-13-14(9-20)23-7-6-19(13)10-15(21)17-2;2*3-2(4,5)1(6)7/h3-5,13-14H,6-10H2,1-2H3,(H,17,21);2*(H,6,7)/t13-,14+;;/m1../s1. The summed E-state index contributed by atoms with van der Waals surface area (Å²) in [6.07, 6.45) is -10.2. The maximum atomic E-state index is 12.6. The minimum Gasteiger partial charge on any atom is -0.475 e. The third kappa shape index (κ3) is 10.2. The molecule has 17 heteroatoms. The van der Waals surface area contributed by atoms with Crippen molar-refractivity contribution in [3.05, 3.63) is 29.6 Å². The van der Waals surface area contributed by atoms with Gasteiger partial charge >= 0.3 is 24.3 Å². The minimum atomic E-state index is -5.08. The Labute approximate surface area is 206 Å². The Bertz CT molecular complexity index is 949. The fourth-order valence-corrected chi connectivity index (χ4v) is 3.21. The van der Waals surface area contributed by atoms with Gasteiger partial charge in [0, 0.05) is 32.4 Å². The van der Waals surface area contributed by atoms with Crippen molar-refractivity contribution in [2.45, 2.75) is 31.4 Å². The molecule has 2 saturated heterocycles. The number of morpholine rings is 1. The lowest BCUT2D eigenvalue weighted by Crippen LogP contribution is -2.53. The number of carbonyl (C=O) groups excluding carboxylic acids is 2. The number of pyridine rings is 1. The second kappa shape index (κ2) is 13.2. The molecule has 0 aliphatic carbocycles. The van der Waals surface area contributed by atoms with Crippen molar-refractivity contribution >= 4 is 23.8 Å². The van der Waals surface area contributed by atoms with Gasteiger partial charge in [0.05, 0.1) is 25.3 Å². The van der Waals surface area contributed by atoms with Crippen LogP contribution in [0.1, 0.15) is 16.2 Å². The molecule has 0 saturated carbocycles. The number of hydrogen-bond donors (Lipinski definition) is 3. The van der Waals surface area contributed by atoms with E-state index in [1.165, 1.54) is 0 Å². The van der Waals surface area contributed by atoms with E-state index in [0.717, 1.165) is 5.69 Å². The van der Waals surface area contributed by atoms with Gasteiger partial charge in [-0.05, 0) is 19.1 Å². The summed E-state index contributed by atoms with van der Waals surface area (Å²) in [4.78, 5) is 50.3. The molecule has 37 heavy (non-hydrogen) atoms. The van der Waals surface area contributed by atoms with E-state index in [1.54, 1.807) is 18.0 Å². The van der Waals surface area contributed by atoms with Gasteiger partial charge in [0.2, 0.25) is 5.91 Å². The van der Waals surface area contributed by atoms with Crippen molar-refractivity contribution in [3.63, 3.8) is 0 Å². The normalized spacial score (nSPS) is 19.4. The van der Waals surface area contributed by atoms with Crippen molar-refractivity contribution in [2.75, 3.05) is 39.8 Å². The molecule has 2 amide bonds. The highest BCUT2D eigenvalue weighted by Gasteiger charge is 2.42. The van der Waals surface area contributed by atoms with E-state index < -0.39 is 24.3 Å². The number of alkyl halides is 6. The van der Waals surface area contributed by atoms with Crippen LogP contribution in [0.2, 0.25) is 0 Å². The number of aliphatic carboxylic acids is 2. The molecular formula is C20H24F6N4O7. The Morgan fingerprint density at radius 3 is 2.05 bits per heavy atom. The van der Waals surface area contributed by atoms with Gasteiger partial charge in [-0.1, -0.05) is 6.07 Å². The molecule has 1 aromatic heterocycles. The molecular weight excluding hydrogens is 522 g/mol. The summed E-state index contributed by atoms with van der Waals surface area (Å²) >= 11 is 0. The third-order valence-corrected chi connectivity index (χ3v) is 4.92. The third-order valence-electron chi connectivity index (χ3n) is 4.92. The number of halogens is 6. The Balaban J connectivity index is 0.000000404. The summed E-state index contributed by atoms with van der Waals surface area (Å²) in [5, 5.41) is 16.9. The van der Waals surface area contributed by atoms with Crippen LogP contribution >= 0.6 is 0 Å². The maximum absolute atomic E-state index is 12.6. The Kier molecular flexibility index (Phi) is 11.2. The second-order valence-electron chi connectivity index (χ2n) is 7.60. The topological polar surface area (TPSA) is 149 Å². The van der Waals surface area contributed by atoms with Gasteiger partial charge in [0.15, 0.2) is 0 Å². The molecule has 3 heterocycles. The molecule has 1 aromatic rings. The monoisotopic (exact) mass is 546 g/mol. The Hall–Kier alpha value is -3.47. The van der Waals surface area contributed by atoms with Gasteiger partial charge in [0.1, 0.15) is 5.69 Å². The number of amides is 2. The fraction of sp³-hybridized carbons (Fsp3) is 0.550. The van der Waals surface area contributed by atoms with Crippen LogP contribution in [0.5, 0.6) is 0 Å². The van der Waals surface area contributed by atoms with Crippen molar-refractivity contribution < 1.29 is 60.5 Å². The molecule has 0 radical (unpaired) electrons. The number of aromatic nitrogens is 1. The molecule has 208 valence electrons. The van der Waals surface area contributed by atoms with Gasteiger partial charge < -0.3 is 25.2 Å². The molecule has 0 unspecified atom stereocenters. The quantitative estimate of drug-likeness (QED) is 0.471. The molecule has 11 nitrogen and oxygen atoms in total. The zero-order valence-electron chi connectivity index (χ0n) is 19.5. The van der Waals surface area contributed by atoms with Gasteiger partial charge in [0.25, 0.3) is 5.91 Å². The lowest BCUT2D eigenvalue weighted by atomic mass is 10.1. The second-order valence-corrected chi connectivity index (χ2v) is 7.60. The van der Waals surface area contributed by atoms with E-state index >= 15 is 0 Å². The summed E-state index contributed by atoms with van der Waals surface area (Å²) in [5.74, 6) is -5.61. The molecule has 2 aliphatic heterocycles. The Morgan fingerprint density at radius 2 is 1.59 bits per heavy atom. The maximum Gasteiger partial charge on any atom is 0.490 e. The predicted molar refractivity (Wildman–Crippen MR) is 111 cm³/mol. The summed E-state index contributed by atoms with van der Waals surface area (Å²) in [6.45, 7) is 4.61. The number of nitrogens with zero attached hydrogens (tertiary/aromatic N) is 3. The van der Waals surface area contributed by atoms with Gasteiger partial charge in [-0.15, -0.1) is 0 Å².